The van der Waals surface area contributed by atoms with Crippen molar-refractivity contribution in [1.82, 2.24) is 0 Å². The molecule has 0 unspecified atom stereocenters. The molecule has 94 valence electrons. The van der Waals surface area contributed by atoms with Crippen molar-refractivity contribution in [2.75, 3.05) is 5.32 Å². The monoisotopic (exact) mass is 357 g/mol. The number of aromatic hydroxyl groups is 1. The van der Waals surface area contributed by atoms with Gasteiger partial charge in [-0.2, -0.15) is 0 Å². The highest BCUT2D eigenvalue weighted by Crippen LogP contribution is 2.20. The van der Waals surface area contributed by atoms with E-state index < -0.39 is 5.82 Å². The van der Waals surface area contributed by atoms with E-state index in [9.17, 15) is 4.39 Å². The van der Waals surface area contributed by atoms with Gasteiger partial charge in [0.15, 0.2) is 11.6 Å². The Morgan fingerprint density at radius 2 is 2.00 bits per heavy atom. The number of hydrogen-bond donors (Lipinski definition) is 2. The fraction of sp³-hybridized carbons (Fsp3) is 0.143. The van der Waals surface area contributed by atoms with Crippen LogP contribution in [0.5, 0.6) is 5.75 Å². The van der Waals surface area contributed by atoms with Crippen molar-refractivity contribution in [3.05, 3.63) is 56.9 Å². The molecule has 2 aromatic carbocycles. The van der Waals surface area contributed by atoms with Gasteiger partial charge in [0.2, 0.25) is 0 Å². The molecule has 0 aliphatic heterocycles. The minimum absolute atomic E-state index is 0.316. The predicted molar refractivity (Wildman–Crippen MR) is 79.3 cm³/mol. The molecule has 0 fully saturated rings. The number of halogens is 2. The third kappa shape index (κ3) is 3.13. The molecule has 2 aromatic rings. The fourth-order valence-corrected chi connectivity index (χ4v) is 2.13. The first-order valence-electron chi connectivity index (χ1n) is 5.53. The van der Waals surface area contributed by atoms with Gasteiger partial charge in [-0.15, -0.1) is 0 Å². The summed E-state index contributed by atoms with van der Waals surface area (Å²) in [6.07, 6.45) is 0. The molecule has 0 atom stereocenters. The second-order valence-electron chi connectivity index (χ2n) is 4.10. The van der Waals surface area contributed by atoms with Gasteiger partial charge in [0.05, 0.1) is 0 Å². The van der Waals surface area contributed by atoms with E-state index in [4.69, 9.17) is 5.11 Å². The first kappa shape index (κ1) is 13.1. The van der Waals surface area contributed by atoms with Crippen molar-refractivity contribution in [2.45, 2.75) is 13.5 Å². The molecule has 0 saturated carbocycles. The molecule has 0 amide bonds. The molecule has 18 heavy (non-hydrogen) atoms. The molecule has 2 rings (SSSR count). The highest BCUT2D eigenvalue weighted by Gasteiger charge is 2.03. The highest BCUT2D eigenvalue weighted by molar-refractivity contribution is 14.1. The summed E-state index contributed by atoms with van der Waals surface area (Å²) in [6.45, 7) is 2.55. The summed E-state index contributed by atoms with van der Waals surface area (Å²) in [6, 6.07) is 10.5. The third-order valence-electron chi connectivity index (χ3n) is 2.69. The standard InChI is InChI=1S/C14H13FINO/c1-9-2-4-11(16)7-13(9)17-8-10-3-5-14(18)12(15)6-10/h2-7,17-18H,8H2,1H3. The van der Waals surface area contributed by atoms with E-state index in [2.05, 4.69) is 27.9 Å². The van der Waals surface area contributed by atoms with Crippen LogP contribution in [0.4, 0.5) is 10.1 Å². The first-order valence-corrected chi connectivity index (χ1v) is 6.61. The number of hydrogen-bond acceptors (Lipinski definition) is 2. The van der Waals surface area contributed by atoms with E-state index in [0.717, 1.165) is 20.4 Å². The van der Waals surface area contributed by atoms with Gasteiger partial charge in [0.1, 0.15) is 0 Å². The molecule has 2 nitrogen and oxygen atoms in total. The number of aryl methyl sites for hydroxylation is 1. The van der Waals surface area contributed by atoms with Crippen molar-refractivity contribution in [3.63, 3.8) is 0 Å². The average Bonchev–Trinajstić information content (AvgIpc) is 2.34. The summed E-state index contributed by atoms with van der Waals surface area (Å²) < 4.78 is 14.3. The second kappa shape index (κ2) is 5.56. The molecular formula is C14H13FINO. The minimum atomic E-state index is -0.589. The smallest absolute Gasteiger partial charge is 0.165 e. The Morgan fingerprint density at radius 1 is 1.22 bits per heavy atom. The van der Waals surface area contributed by atoms with E-state index in [0.29, 0.717) is 6.54 Å². The molecule has 0 radical (unpaired) electrons. The minimum Gasteiger partial charge on any atom is -0.505 e. The maximum atomic E-state index is 13.2. The molecule has 0 bridgehead atoms. The summed E-state index contributed by atoms with van der Waals surface area (Å²) in [5.41, 5.74) is 2.98. The van der Waals surface area contributed by atoms with Crippen LogP contribution in [0.2, 0.25) is 0 Å². The quantitative estimate of drug-likeness (QED) is 0.813. The number of rotatable bonds is 3. The number of nitrogens with one attached hydrogen (secondary N) is 1. The van der Waals surface area contributed by atoms with Crippen LogP contribution < -0.4 is 5.32 Å². The Morgan fingerprint density at radius 3 is 2.72 bits per heavy atom. The van der Waals surface area contributed by atoms with Crippen LogP contribution in [0, 0.1) is 16.3 Å². The van der Waals surface area contributed by atoms with Crippen molar-refractivity contribution in [1.29, 1.82) is 0 Å². The Labute approximate surface area is 119 Å². The van der Waals surface area contributed by atoms with E-state index in [1.807, 2.05) is 25.1 Å². The summed E-state index contributed by atoms with van der Waals surface area (Å²) >= 11 is 2.25. The topological polar surface area (TPSA) is 32.3 Å². The maximum Gasteiger partial charge on any atom is 0.165 e. The number of phenols is 1. The lowest BCUT2D eigenvalue weighted by molar-refractivity contribution is 0.432. The van der Waals surface area contributed by atoms with Crippen molar-refractivity contribution in [3.8, 4) is 5.75 Å². The lowest BCUT2D eigenvalue weighted by Gasteiger charge is -2.10. The van der Waals surface area contributed by atoms with Crippen LogP contribution in [-0.2, 0) is 6.54 Å². The van der Waals surface area contributed by atoms with Gasteiger partial charge in [0, 0.05) is 15.8 Å². The zero-order valence-corrected chi connectivity index (χ0v) is 12.0. The van der Waals surface area contributed by atoms with Crippen LogP contribution in [0.25, 0.3) is 0 Å². The van der Waals surface area contributed by atoms with Crippen LogP contribution in [-0.4, -0.2) is 5.11 Å². The molecule has 0 heterocycles. The maximum absolute atomic E-state index is 13.2. The normalized spacial score (nSPS) is 10.4. The van der Waals surface area contributed by atoms with Crippen LogP contribution in [0.3, 0.4) is 0 Å². The SMILES string of the molecule is Cc1ccc(I)cc1NCc1ccc(O)c(F)c1. The molecule has 0 aliphatic carbocycles. The van der Waals surface area contributed by atoms with Gasteiger partial charge in [-0.25, -0.2) is 4.39 Å². The predicted octanol–water partition coefficient (Wildman–Crippen LogP) is 4.06. The molecule has 0 aliphatic rings. The van der Waals surface area contributed by atoms with Gasteiger partial charge >= 0.3 is 0 Å². The van der Waals surface area contributed by atoms with Gasteiger partial charge in [-0.05, 0) is 64.9 Å². The zero-order chi connectivity index (χ0) is 13.1. The lowest BCUT2D eigenvalue weighted by atomic mass is 10.1. The largest absolute Gasteiger partial charge is 0.505 e. The summed E-state index contributed by atoms with van der Waals surface area (Å²) in [7, 11) is 0. The van der Waals surface area contributed by atoms with Crippen molar-refractivity contribution in [2.24, 2.45) is 0 Å². The second-order valence-corrected chi connectivity index (χ2v) is 5.34. The summed E-state index contributed by atoms with van der Waals surface area (Å²) in [5.74, 6) is -0.905. The van der Waals surface area contributed by atoms with Gasteiger partial charge < -0.3 is 10.4 Å². The molecule has 0 spiro atoms. The van der Waals surface area contributed by atoms with Crippen LogP contribution in [0.1, 0.15) is 11.1 Å². The van der Waals surface area contributed by atoms with Gasteiger partial charge in [-0.3, -0.25) is 0 Å². The van der Waals surface area contributed by atoms with E-state index in [1.165, 1.54) is 12.1 Å². The zero-order valence-electron chi connectivity index (χ0n) is 9.87. The Balaban J connectivity index is 2.11. The molecule has 0 aromatic heterocycles. The number of benzene rings is 2. The Bertz CT molecular complexity index is 572. The number of anilines is 1. The van der Waals surface area contributed by atoms with E-state index >= 15 is 0 Å². The fourth-order valence-electron chi connectivity index (χ4n) is 1.64. The molecule has 2 N–H and O–H groups in total. The van der Waals surface area contributed by atoms with Gasteiger partial charge in [-0.1, -0.05) is 12.1 Å². The van der Waals surface area contributed by atoms with E-state index in [1.54, 1.807) is 6.07 Å². The summed E-state index contributed by atoms with van der Waals surface area (Å²) in [5, 5.41) is 12.4. The summed E-state index contributed by atoms with van der Waals surface area (Å²) in [4.78, 5) is 0. The molecular weight excluding hydrogens is 344 g/mol. The Kier molecular flexibility index (Phi) is 4.06. The highest BCUT2D eigenvalue weighted by atomic mass is 127. The molecule has 4 heteroatoms. The third-order valence-corrected chi connectivity index (χ3v) is 3.37. The van der Waals surface area contributed by atoms with Crippen molar-refractivity contribution < 1.29 is 9.50 Å². The lowest BCUT2D eigenvalue weighted by Crippen LogP contribution is -2.01. The number of phenolic OH excluding ortho intramolecular Hbond substituents is 1. The van der Waals surface area contributed by atoms with Crippen LogP contribution >= 0.6 is 22.6 Å². The average molecular weight is 357 g/mol. The van der Waals surface area contributed by atoms with Gasteiger partial charge in [0.25, 0.3) is 0 Å². The van der Waals surface area contributed by atoms with E-state index in [-0.39, 0.29) is 5.75 Å². The Hall–Kier alpha value is -1.30. The van der Waals surface area contributed by atoms with Crippen molar-refractivity contribution >= 4 is 28.3 Å². The first-order chi connectivity index (χ1) is 8.56. The molecule has 0 saturated heterocycles. The van der Waals surface area contributed by atoms with Crippen LogP contribution in [0.15, 0.2) is 36.4 Å².